The van der Waals surface area contributed by atoms with Crippen molar-refractivity contribution in [1.82, 2.24) is 4.90 Å². The summed E-state index contributed by atoms with van der Waals surface area (Å²) >= 11 is 1.86. The minimum Gasteiger partial charge on any atom is -0.326 e. The molecule has 0 fully saturated rings. The monoisotopic (exact) mass is 345 g/mol. The van der Waals surface area contributed by atoms with Crippen molar-refractivity contribution in [2.24, 2.45) is 5.10 Å². The van der Waals surface area contributed by atoms with Gasteiger partial charge >= 0.3 is 0 Å². The molecule has 0 saturated heterocycles. The highest BCUT2D eigenvalue weighted by molar-refractivity contribution is 7.10. The summed E-state index contributed by atoms with van der Waals surface area (Å²) < 4.78 is 0. The number of para-hydroxylation sites is 1. The van der Waals surface area contributed by atoms with Crippen LogP contribution in [0.4, 0.5) is 5.69 Å². The Kier molecular flexibility index (Phi) is 3.22. The van der Waals surface area contributed by atoms with Gasteiger partial charge in [0.2, 0.25) is 0 Å². The summed E-state index contributed by atoms with van der Waals surface area (Å²) in [6, 6.07) is 23.3. The first-order valence-corrected chi connectivity index (χ1v) is 9.50. The summed E-state index contributed by atoms with van der Waals surface area (Å²) in [6.45, 7) is 3.28. The molecule has 4 heteroatoms. The topological polar surface area (TPSA) is 18.8 Å². The lowest BCUT2D eigenvalue weighted by molar-refractivity contribution is 0.198. The lowest BCUT2D eigenvalue weighted by Gasteiger charge is -2.45. The van der Waals surface area contributed by atoms with Crippen molar-refractivity contribution in [3.8, 4) is 0 Å². The Morgan fingerprint density at radius 3 is 2.44 bits per heavy atom. The van der Waals surface area contributed by atoms with Crippen LogP contribution in [0, 0.1) is 0 Å². The van der Waals surface area contributed by atoms with Crippen LogP contribution in [0.5, 0.6) is 0 Å². The van der Waals surface area contributed by atoms with Crippen molar-refractivity contribution in [3.63, 3.8) is 0 Å². The lowest BCUT2D eigenvalue weighted by Crippen LogP contribution is -2.54. The second-order valence-corrected chi connectivity index (χ2v) is 7.62. The van der Waals surface area contributed by atoms with Crippen molar-refractivity contribution in [3.05, 3.63) is 88.1 Å². The van der Waals surface area contributed by atoms with Crippen LogP contribution in [0.25, 0.3) is 0 Å². The molecule has 0 amide bonds. The highest BCUT2D eigenvalue weighted by Gasteiger charge is 2.50. The van der Waals surface area contributed by atoms with E-state index >= 15 is 0 Å². The summed E-state index contributed by atoms with van der Waals surface area (Å²) in [5, 5.41) is 9.51. The predicted octanol–water partition coefficient (Wildman–Crippen LogP) is 4.66. The number of anilines is 1. The van der Waals surface area contributed by atoms with E-state index < -0.39 is 0 Å². The molecule has 0 radical (unpaired) electrons. The minimum atomic E-state index is -0.278. The van der Waals surface area contributed by atoms with E-state index in [1.54, 1.807) is 0 Å². The van der Waals surface area contributed by atoms with Crippen LogP contribution in [0.2, 0.25) is 0 Å². The second-order valence-electron chi connectivity index (χ2n) is 6.62. The van der Waals surface area contributed by atoms with Crippen molar-refractivity contribution in [2.45, 2.75) is 19.0 Å². The van der Waals surface area contributed by atoms with E-state index in [0.29, 0.717) is 0 Å². The van der Waals surface area contributed by atoms with E-state index in [-0.39, 0.29) is 5.66 Å². The molecule has 25 heavy (non-hydrogen) atoms. The molecule has 0 bridgehead atoms. The predicted molar refractivity (Wildman–Crippen MR) is 104 cm³/mol. The molecular weight excluding hydrogens is 326 g/mol. The van der Waals surface area contributed by atoms with Crippen LogP contribution in [0.1, 0.15) is 22.9 Å². The van der Waals surface area contributed by atoms with Gasteiger partial charge in [-0.15, -0.1) is 11.3 Å². The first-order valence-electron chi connectivity index (χ1n) is 8.62. The van der Waals surface area contributed by atoms with Gasteiger partial charge in [0.15, 0.2) is 11.5 Å². The quantitative estimate of drug-likeness (QED) is 0.673. The van der Waals surface area contributed by atoms with Crippen molar-refractivity contribution in [1.29, 1.82) is 0 Å². The number of hydrazone groups is 1. The van der Waals surface area contributed by atoms with E-state index in [4.69, 9.17) is 5.10 Å². The molecule has 3 nitrogen and oxygen atoms in total. The maximum atomic E-state index is 5.10. The van der Waals surface area contributed by atoms with Gasteiger partial charge in [0.1, 0.15) is 0 Å². The fraction of sp³-hybridized carbons (Fsp3) is 0.190. The van der Waals surface area contributed by atoms with Gasteiger partial charge < -0.3 is 4.90 Å². The third kappa shape index (κ3) is 2.07. The molecule has 2 aliphatic rings. The van der Waals surface area contributed by atoms with E-state index in [2.05, 4.69) is 88.9 Å². The average molecular weight is 345 g/mol. The maximum Gasteiger partial charge on any atom is 0.160 e. The van der Waals surface area contributed by atoms with Crippen LogP contribution in [-0.2, 0) is 12.1 Å². The first kappa shape index (κ1) is 14.7. The fourth-order valence-corrected chi connectivity index (χ4v) is 4.96. The Hall–Kier alpha value is -2.59. The normalized spacial score (nSPS) is 21.7. The molecule has 124 valence electrons. The largest absolute Gasteiger partial charge is 0.326 e. The Bertz CT molecular complexity index is 932. The number of hydrogen-bond acceptors (Lipinski definition) is 4. The molecule has 0 spiro atoms. The standard InChI is InChI=1S/C21H19N3S/c1-21-18-13-15-25-19(18)12-14-23(21)20(16-8-4-2-5-9-16)22-24(21)17-10-6-3-7-11-17/h2-11,13,15H,12,14H2,1H3. The second kappa shape index (κ2) is 5.46. The highest BCUT2D eigenvalue weighted by atomic mass is 32.1. The van der Waals surface area contributed by atoms with E-state index in [9.17, 15) is 0 Å². The van der Waals surface area contributed by atoms with E-state index in [1.165, 1.54) is 16.0 Å². The molecule has 3 heterocycles. The number of hydrogen-bond donors (Lipinski definition) is 0. The third-order valence-corrected chi connectivity index (χ3v) is 6.22. The molecular formula is C21H19N3S. The molecule has 0 saturated carbocycles. The Morgan fingerprint density at radius 2 is 1.68 bits per heavy atom. The van der Waals surface area contributed by atoms with Gasteiger partial charge in [0, 0.05) is 22.5 Å². The van der Waals surface area contributed by atoms with Crippen LogP contribution in [0.3, 0.4) is 0 Å². The molecule has 5 rings (SSSR count). The number of rotatable bonds is 2. The van der Waals surface area contributed by atoms with Crippen LogP contribution in [-0.4, -0.2) is 17.3 Å². The molecule has 0 aliphatic carbocycles. The van der Waals surface area contributed by atoms with Crippen molar-refractivity contribution >= 4 is 22.9 Å². The Balaban J connectivity index is 1.72. The lowest BCUT2D eigenvalue weighted by atomic mass is 9.93. The molecule has 2 aliphatic heterocycles. The molecule has 0 N–H and O–H groups in total. The third-order valence-electron chi connectivity index (χ3n) is 5.24. The Morgan fingerprint density at radius 1 is 0.960 bits per heavy atom. The number of nitrogens with zero attached hydrogens (tertiary/aromatic N) is 3. The molecule has 1 unspecified atom stereocenters. The summed E-state index contributed by atoms with van der Waals surface area (Å²) in [6.07, 6.45) is 1.08. The summed E-state index contributed by atoms with van der Waals surface area (Å²) in [5.41, 5.74) is 3.40. The number of amidine groups is 1. The van der Waals surface area contributed by atoms with Gasteiger partial charge in [-0.25, -0.2) is 5.01 Å². The number of benzene rings is 2. The molecule has 2 aromatic carbocycles. The smallest absolute Gasteiger partial charge is 0.160 e. The van der Waals surface area contributed by atoms with Gasteiger partial charge in [0.25, 0.3) is 0 Å². The SMILES string of the molecule is CC12c3ccsc3CCN1C(c1ccccc1)=NN2c1ccccc1. The van der Waals surface area contributed by atoms with Crippen molar-refractivity contribution < 1.29 is 0 Å². The van der Waals surface area contributed by atoms with Crippen LogP contribution < -0.4 is 5.01 Å². The number of thiophene rings is 1. The molecule has 3 aromatic rings. The summed E-state index contributed by atoms with van der Waals surface area (Å²) in [7, 11) is 0. The van der Waals surface area contributed by atoms with Crippen LogP contribution >= 0.6 is 11.3 Å². The summed E-state index contributed by atoms with van der Waals surface area (Å²) in [5.74, 6) is 1.06. The van der Waals surface area contributed by atoms with Crippen molar-refractivity contribution in [2.75, 3.05) is 11.6 Å². The summed E-state index contributed by atoms with van der Waals surface area (Å²) in [4.78, 5) is 3.94. The van der Waals surface area contributed by atoms with Gasteiger partial charge in [-0.2, -0.15) is 5.10 Å². The highest BCUT2D eigenvalue weighted by Crippen LogP contribution is 2.46. The zero-order valence-electron chi connectivity index (χ0n) is 14.1. The van der Waals surface area contributed by atoms with Gasteiger partial charge in [0.05, 0.1) is 5.69 Å². The maximum absolute atomic E-state index is 5.10. The van der Waals surface area contributed by atoms with Gasteiger partial charge in [-0.1, -0.05) is 48.5 Å². The van der Waals surface area contributed by atoms with E-state index in [0.717, 1.165) is 24.5 Å². The van der Waals surface area contributed by atoms with Gasteiger partial charge in [-0.05, 0) is 36.9 Å². The average Bonchev–Trinajstić information content (AvgIpc) is 3.26. The van der Waals surface area contributed by atoms with E-state index in [1.807, 2.05) is 11.3 Å². The van der Waals surface area contributed by atoms with Crippen LogP contribution in [0.15, 0.2) is 77.2 Å². The zero-order valence-corrected chi connectivity index (χ0v) is 14.9. The number of fused-ring (bicyclic) bond motifs is 3. The minimum absolute atomic E-state index is 0.278. The zero-order chi connectivity index (χ0) is 16.9. The first-order chi connectivity index (χ1) is 12.3. The Labute approximate surface area is 151 Å². The molecule has 1 aromatic heterocycles. The fourth-order valence-electron chi connectivity index (χ4n) is 4.00. The van der Waals surface area contributed by atoms with Gasteiger partial charge in [-0.3, -0.25) is 0 Å². The molecule has 1 atom stereocenters.